The Kier molecular flexibility index (Phi) is 9.15. The fourth-order valence-corrected chi connectivity index (χ4v) is 3.44. The van der Waals surface area contributed by atoms with Gasteiger partial charge in [0.1, 0.15) is 12.4 Å². The van der Waals surface area contributed by atoms with Crippen molar-refractivity contribution in [1.82, 2.24) is 20.4 Å². The van der Waals surface area contributed by atoms with E-state index in [1.807, 2.05) is 56.6 Å². The first-order valence-corrected chi connectivity index (χ1v) is 10.9. The smallest absolute Gasteiger partial charge is 0.315 e. The van der Waals surface area contributed by atoms with Crippen molar-refractivity contribution < 1.29 is 14.3 Å². The zero-order valence-corrected chi connectivity index (χ0v) is 18.5. The van der Waals surface area contributed by atoms with Crippen molar-refractivity contribution in [1.29, 1.82) is 0 Å². The number of nitrogens with one attached hydrogen (secondary N) is 2. The molecular formula is C24H34N4O3. The summed E-state index contributed by atoms with van der Waals surface area (Å²) in [6.07, 6.45) is 0. The lowest BCUT2D eigenvalue weighted by Gasteiger charge is -2.31. The Hall–Kier alpha value is -2.61. The topological polar surface area (TPSA) is 66.1 Å². The molecule has 1 atom stereocenters. The van der Waals surface area contributed by atoms with E-state index in [0.29, 0.717) is 13.2 Å². The molecule has 7 nitrogen and oxygen atoms in total. The van der Waals surface area contributed by atoms with Crippen LogP contribution < -0.4 is 15.4 Å². The molecule has 0 aliphatic carbocycles. The summed E-state index contributed by atoms with van der Waals surface area (Å²) in [6.45, 7) is 5.92. The fourth-order valence-electron chi connectivity index (χ4n) is 3.44. The number of benzene rings is 2. The molecule has 0 radical (unpaired) electrons. The molecule has 2 aromatic carbocycles. The van der Waals surface area contributed by atoms with Crippen molar-refractivity contribution in [2.24, 2.45) is 0 Å². The van der Waals surface area contributed by atoms with Gasteiger partial charge in [0.15, 0.2) is 0 Å². The second kappa shape index (κ2) is 12.3. The number of nitrogens with zero attached hydrogens (tertiary/aromatic N) is 2. The molecular weight excluding hydrogens is 392 g/mol. The minimum Gasteiger partial charge on any atom is -0.492 e. The molecule has 31 heavy (non-hydrogen) atoms. The van der Waals surface area contributed by atoms with Gasteiger partial charge in [0.05, 0.1) is 19.3 Å². The van der Waals surface area contributed by atoms with Gasteiger partial charge in [-0.2, -0.15) is 0 Å². The van der Waals surface area contributed by atoms with Gasteiger partial charge < -0.3 is 25.0 Å². The van der Waals surface area contributed by atoms with Crippen LogP contribution in [0, 0.1) is 0 Å². The number of hydrogen-bond acceptors (Lipinski definition) is 5. The van der Waals surface area contributed by atoms with Crippen LogP contribution in [-0.2, 0) is 11.3 Å². The monoisotopic (exact) mass is 426 g/mol. The summed E-state index contributed by atoms with van der Waals surface area (Å²) in [7, 11) is 4.04. The van der Waals surface area contributed by atoms with Gasteiger partial charge >= 0.3 is 6.03 Å². The van der Waals surface area contributed by atoms with Crippen LogP contribution in [0.15, 0.2) is 54.6 Å². The third-order valence-corrected chi connectivity index (χ3v) is 5.21. The van der Waals surface area contributed by atoms with Crippen LogP contribution in [0.4, 0.5) is 4.79 Å². The highest BCUT2D eigenvalue weighted by molar-refractivity contribution is 5.74. The maximum absolute atomic E-state index is 12.7. The maximum Gasteiger partial charge on any atom is 0.315 e. The van der Waals surface area contributed by atoms with E-state index in [1.165, 1.54) is 0 Å². The molecule has 168 valence electrons. The van der Waals surface area contributed by atoms with Crippen molar-refractivity contribution in [3.05, 3.63) is 65.7 Å². The summed E-state index contributed by atoms with van der Waals surface area (Å²) in [6, 6.07) is 17.7. The summed E-state index contributed by atoms with van der Waals surface area (Å²) in [5, 5.41) is 6.12. The van der Waals surface area contributed by atoms with Gasteiger partial charge in [-0.15, -0.1) is 0 Å². The number of rotatable bonds is 10. The first-order chi connectivity index (χ1) is 15.1. The van der Waals surface area contributed by atoms with Crippen molar-refractivity contribution in [3.8, 4) is 5.75 Å². The third-order valence-electron chi connectivity index (χ3n) is 5.21. The quantitative estimate of drug-likeness (QED) is 0.611. The van der Waals surface area contributed by atoms with Crippen LogP contribution in [-0.4, -0.2) is 75.9 Å². The Balaban J connectivity index is 1.53. The molecule has 1 aliphatic rings. The maximum atomic E-state index is 12.7. The van der Waals surface area contributed by atoms with Crippen molar-refractivity contribution in [3.63, 3.8) is 0 Å². The van der Waals surface area contributed by atoms with Crippen molar-refractivity contribution in [2.45, 2.75) is 12.6 Å². The third kappa shape index (κ3) is 8.20. The Bertz CT molecular complexity index is 794. The molecule has 7 heteroatoms. The van der Waals surface area contributed by atoms with E-state index in [9.17, 15) is 4.79 Å². The Labute approximate surface area is 185 Å². The van der Waals surface area contributed by atoms with Crippen LogP contribution in [0.25, 0.3) is 0 Å². The summed E-state index contributed by atoms with van der Waals surface area (Å²) in [5.74, 6) is 0.816. The molecule has 2 aromatic rings. The fraction of sp³-hybridized carbons (Fsp3) is 0.458. The number of amides is 2. The second-order valence-electron chi connectivity index (χ2n) is 8.00. The number of hydrogen-bond donors (Lipinski definition) is 2. The number of ether oxygens (including phenoxy) is 2. The molecule has 0 saturated carbocycles. The number of morpholine rings is 1. The lowest BCUT2D eigenvalue weighted by atomic mass is 10.1. The zero-order chi connectivity index (χ0) is 21.9. The minimum atomic E-state index is -0.180. The summed E-state index contributed by atoms with van der Waals surface area (Å²) in [5.41, 5.74) is 2.10. The van der Waals surface area contributed by atoms with Crippen molar-refractivity contribution in [2.75, 3.05) is 60.1 Å². The Morgan fingerprint density at radius 3 is 2.65 bits per heavy atom. The van der Waals surface area contributed by atoms with Crippen LogP contribution in [0.2, 0.25) is 0 Å². The van der Waals surface area contributed by atoms with Gasteiger partial charge in [-0.05, 0) is 37.4 Å². The van der Waals surface area contributed by atoms with Gasteiger partial charge in [0, 0.05) is 32.7 Å². The van der Waals surface area contributed by atoms with E-state index < -0.39 is 0 Å². The molecule has 2 amide bonds. The first kappa shape index (κ1) is 23.1. The molecule has 3 rings (SSSR count). The first-order valence-electron chi connectivity index (χ1n) is 10.9. The highest BCUT2D eigenvalue weighted by atomic mass is 16.5. The average molecular weight is 427 g/mol. The van der Waals surface area contributed by atoms with Gasteiger partial charge in [0.2, 0.25) is 0 Å². The molecule has 1 saturated heterocycles. The van der Waals surface area contributed by atoms with E-state index in [4.69, 9.17) is 9.47 Å². The van der Waals surface area contributed by atoms with Crippen LogP contribution >= 0.6 is 0 Å². The summed E-state index contributed by atoms with van der Waals surface area (Å²) in [4.78, 5) is 17.1. The summed E-state index contributed by atoms with van der Waals surface area (Å²) >= 11 is 0. The molecule has 2 N–H and O–H groups in total. The number of likely N-dealkylation sites (N-methyl/N-ethyl adjacent to an activating group) is 1. The van der Waals surface area contributed by atoms with E-state index in [-0.39, 0.29) is 12.1 Å². The van der Waals surface area contributed by atoms with Crippen LogP contribution in [0.5, 0.6) is 5.75 Å². The van der Waals surface area contributed by atoms with E-state index >= 15 is 0 Å². The Morgan fingerprint density at radius 2 is 1.90 bits per heavy atom. The molecule has 0 bridgehead atoms. The second-order valence-corrected chi connectivity index (χ2v) is 8.00. The van der Waals surface area contributed by atoms with Crippen LogP contribution in [0.1, 0.15) is 17.2 Å². The van der Waals surface area contributed by atoms with E-state index in [2.05, 4.69) is 32.6 Å². The molecule has 1 unspecified atom stereocenters. The van der Waals surface area contributed by atoms with E-state index in [1.54, 1.807) is 0 Å². The lowest BCUT2D eigenvalue weighted by Crippen LogP contribution is -2.45. The lowest BCUT2D eigenvalue weighted by molar-refractivity contribution is 0.0340. The van der Waals surface area contributed by atoms with Crippen LogP contribution in [0.3, 0.4) is 0 Å². The predicted molar refractivity (Wildman–Crippen MR) is 122 cm³/mol. The largest absolute Gasteiger partial charge is 0.492 e. The molecule has 1 fully saturated rings. The average Bonchev–Trinajstić information content (AvgIpc) is 2.79. The molecule has 0 spiro atoms. The van der Waals surface area contributed by atoms with Gasteiger partial charge in [-0.1, -0.05) is 42.5 Å². The Morgan fingerprint density at radius 1 is 1.13 bits per heavy atom. The molecule has 1 aliphatic heterocycles. The standard InChI is InChI=1S/C24H34N4O3/c1-27(2)11-16-31-22-10-6-7-20(17-22)18-25-24(29)26-23(21-8-4-3-5-9-21)19-28-12-14-30-15-13-28/h3-10,17,23H,11-16,18-19H2,1-2H3,(H2,25,26,29). The van der Waals surface area contributed by atoms with E-state index in [0.717, 1.165) is 56.3 Å². The number of carbonyl (C=O) groups is 1. The SMILES string of the molecule is CN(C)CCOc1cccc(CNC(=O)NC(CN2CCOCC2)c2ccccc2)c1. The predicted octanol–water partition coefficient (Wildman–Crippen LogP) is 2.50. The summed E-state index contributed by atoms with van der Waals surface area (Å²) < 4.78 is 11.2. The highest BCUT2D eigenvalue weighted by Crippen LogP contribution is 2.16. The highest BCUT2D eigenvalue weighted by Gasteiger charge is 2.20. The zero-order valence-electron chi connectivity index (χ0n) is 18.5. The van der Waals surface area contributed by atoms with Gasteiger partial charge in [-0.25, -0.2) is 4.79 Å². The molecule has 1 heterocycles. The normalized spacial score (nSPS) is 15.5. The molecule has 0 aromatic heterocycles. The number of urea groups is 1. The number of carbonyl (C=O) groups excluding carboxylic acids is 1. The van der Waals surface area contributed by atoms with Crippen molar-refractivity contribution >= 4 is 6.03 Å². The minimum absolute atomic E-state index is 0.0833. The van der Waals surface area contributed by atoms with Gasteiger partial charge in [-0.3, -0.25) is 4.90 Å². The van der Waals surface area contributed by atoms with Gasteiger partial charge in [0.25, 0.3) is 0 Å².